The smallest absolute Gasteiger partial charge is 0.200 e. The topological polar surface area (TPSA) is 60.7 Å². The molecule has 0 aliphatic heterocycles. The molecular weight excluding hydrogens is 228 g/mol. The Hall–Kier alpha value is -2.42. The quantitative estimate of drug-likeness (QED) is 0.725. The van der Waals surface area contributed by atoms with Crippen molar-refractivity contribution in [2.24, 2.45) is 0 Å². The van der Waals surface area contributed by atoms with Crippen LogP contribution >= 0.6 is 0 Å². The van der Waals surface area contributed by atoms with Crippen LogP contribution in [0, 0.1) is 0 Å². The summed E-state index contributed by atoms with van der Waals surface area (Å²) in [5.41, 5.74) is 1.82. The molecule has 18 heavy (non-hydrogen) atoms. The van der Waals surface area contributed by atoms with E-state index in [9.17, 15) is 15.3 Å². The maximum Gasteiger partial charge on any atom is 0.200 e. The predicted molar refractivity (Wildman–Crippen MR) is 70.6 cm³/mol. The van der Waals surface area contributed by atoms with Crippen LogP contribution in [0.3, 0.4) is 0 Å². The minimum atomic E-state index is -0.491. The first-order chi connectivity index (χ1) is 8.66. The molecule has 0 heterocycles. The van der Waals surface area contributed by atoms with E-state index in [4.69, 9.17) is 0 Å². The minimum absolute atomic E-state index is 0.325. The van der Waals surface area contributed by atoms with E-state index in [1.807, 2.05) is 36.4 Å². The molecule has 0 saturated heterocycles. The number of rotatable bonds is 3. The highest BCUT2D eigenvalue weighted by molar-refractivity contribution is 5.60. The zero-order valence-electron chi connectivity index (χ0n) is 9.74. The third kappa shape index (κ3) is 2.83. The fourth-order valence-electron chi connectivity index (χ4n) is 1.67. The summed E-state index contributed by atoms with van der Waals surface area (Å²) < 4.78 is 0. The molecule has 92 valence electrons. The first-order valence-electron chi connectivity index (χ1n) is 5.62. The fourth-order valence-corrected chi connectivity index (χ4v) is 1.67. The van der Waals surface area contributed by atoms with Gasteiger partial charge in [0.1, 0.15) is 0 Å². The summed E-state index contributed by atoms with van der Waals surface area (Å²) >= 11 is 0. The van der Waals surface area contributed by atoms with Crippen LogP contribution in [0.1, 0.15) is 11.1 Å². The maximum absolute atomic E-state index is 9.35. The van der Waals surface area contributed by atoms with Gasteiger partial charge in [0.2, 0.25) is 0 Å². The minimum Gasteiger partial charge on any atom is -0.504 e. The molecule has 0 atom stereocenters. The maximum atomic E-state index is 9.35. The van der Waals surface area contributed by atoms with Crippen LogP contribution in [0.15, 0.2) is 48.5 Å². The SMILES string of the molecule is Oc1cc(/C=C/Cc2ccccc2)cc(O)c1O. The lowest BCUT2D eigenvalue weighted by Gasteiger charge is -2.02. The van der Waals surface area contributed by atoms with E-state index in [-0.39, 0.29) is 11.5 Å². The summed E-state index contributed by atoms with van der Waals surface area (Å²) in [5, 5.41) is 27.9. The summed E-state index contributed by atoms with van der Waals surface area (Å²) in [6, 6.07) is 12.8. The Morgan fingerprint density at radius 3 is 2.11 bits per heavy atom. The Morgan fingerprint density at radius 2 is 1.50 bits per heavy atom. The standard InChI is InChI=1S/C15H14O3/c16-13-9-12(10-14(17)15(13)18)8-4-7-11-5-2-1-3-6-11/h1-6,8-10,16-18H,7H2/b8-4+. The number of phenolic OH excluding ortho intramolecular Hbond substituents is 3. The molecule has 0 bridgehead atoms. The molecule has 3 heteroatoms. The van der Waals surface area contributed by atoms with Crippen molar-refractivity contribution in [1.29, 1.82) is 0 Å². The Labute approximate surface area is 105 Å². The van der Waals surface area contributed by atoms with Crippen molar-refractivity contribution in [1.82, 2.24) is 0 Å². The molecule has 0 aliphatic carbocycles. The second-order valence-corrected chi connectivity index (χ2v) is 4.00. The van der Waals surface area contributed by atoms with Gasteiger partial charge in [-0.05, 0) is 29.7 Å². The summed E-state index contributed by atoms with van der Waals surface area (Å²) in [6.45, 7) is 0. The van der Waals surface area contributed by atoms with Crippen LogP contribution in [0.25, 0.3) is 6.08 Å². The average molecular weight is 242 g/mol. The van der Waals surface area contributed by atoms with Gasteiger partial charge in [-0.1, -0.05) is 42.5 Å². The van der Waals surface area contributed by atoms with E-state index in [0.717, 1.165) is 6.42 Å². The van der Waals surface area contributed by atoms with Crippen molar-refractivity contribution >= 4 is 6.08 Å². The van der Waals surface area contributed by atoms with Crippen LogP contribution in [0.4, 0.5) is 0 Å². The molecular formula is C15H14O3. The molecule has 0 aliphatic rings. The van der Waals surface area contributed by atoms with Crippen LogP contribution in [-0.4, -0.2) is 15.3 Å². The van der Waals surface area contributed by atoms with Gasteiger partial charge < -0.3 is 15.3 Å². The van der Waals surface area contributed by atoms with Crippen molar-refractivity contribution in [3.63, 3.8) is 0 Å². The summed E-state index contributed by atoms with van der Waals surface area (Å²) in [6.07, 6.45) is 4.48. The van der Waals surface area contributed by atoms with Gasteiger partial charge in [-0.25, -0.2) is 0 Å². The lowest BCUT2D eigenvalue weighted by Crippen LogP contribution is -1.79. The van der Waals surface area contributed by atoms with Crippen molar-refractivity contribution in [3.05, 3.63) is 59.7 Å². The summed E-state index contributed by atoms with van der Waals surface area (Å²) in [5.74, 6) is -1.14. The third-order valence-corrected chi connectivity index (χ3v) is 2.60. The molecule has 0 saturated carbocycles. The second kappa shape index (κ2) is 5.27. The lowest BCUT2D eigenvalue weighted by molar-refractivity contribution is 0.368. The number of phenols is 3. The highest BCUT2D eigenvalue weighted by Crippen LogP contribution is 2.35. The molecule has 3 N–H and O–H groups in total. The van der Waals surface area contributed by atoms with E-state index in [1.54, 1.807) is 6.08 Å². The predicted octanol–water partition coefficient (Wildman–Crippen LogP) is 3.06. The highest BCUT2D eigenvalue weighted by Gasteiger charge is 2.05. The third-order valence-electron chi connectivity index (χ3n) is 2.60. The first-order valence-corrected chi connectivity index (χ1v) is 5.62. The molecule has 2 rings (SSSR count). The molecule has 0 spiro atoms. The van der Waals surface area contributed by atoms with E-state index < -0.39 is 5.75 Å². The zero-order chi connectivity index (χ0) is 13.0. The fraction of sp³-hybridized carbons (Fsp3) is 0.0667. The number of allylic oxidation sites excluding steroid dienone is 1. The van der Waals surface area contributed by atoms with Gasteiger partial charge in [0.25, 0.3) is 0 Å². The number of aromatic hydroxyl groups is 3. The van der Waals surface area contributed by atoms with Crippen LogP contribution < -0.4 is 0 Å². The van der Waals surface area contributed by atoms with E-state index >= 15 is 0 Å². The van der Waals surface area contributed by atoms with Crippen molar-refractivity contribution in [2.75, 3.05) is 0 Å². The Balaban J connectivity index is 2.10. The molecule has 0 amide bonds. The van der Waals surface area contributed by atoms with Crippen LogP contribution in [0.5, 0.6) is 17.2 Å². The Kier molecular flexibility index (Phi) is 3.53. The van der Waals surface area contributed by atoms with Gasteiger partial charge in [-0.3, -0.25) is 0 Å². The van der Waals surface area contributed by atoms with Gasteiger partial charge in [-0.15, -0.1) is 0 Å². The van der Waals surface area contributed by atoms with E-state index in [2.05, 4.69) is 0 Å². The molecule has 0 fully saturated rings. The van der Waals surface area contributed by atoms with Crippen molar-refractivity contribution < 1.29 is 15.3 Å². The lowest BCUT2D eigenvalue weighted by atomic mass is 10.1. The van der Waals surface area contributed by atoms with Crippen LogP contribution in [0.2, 0.25) is 0 Å². The Bertz CT molecular complexity index is 536. The monoisotopic (exact) mass is 242 g/mol. The second-order valence-electron chi connectivity index (χ2n) is 4.00. The molecule has 0 aromatic heterocycles. The molecule has 2 aromatic carbocycles. The van der Waals surface area contributed by atoms with E-state index in [1.165, 1.54) is 17.7 Å². The largest absolute Gasteiger partial charge is 0.504 e. The van der Waals surface area contributed by atoms with Crippen molar-refractivity contribution in [2.45, 2.75) is 6.42 Å². The number of hydrogen-bond acceptors (Lipinski definition) is 3. The van der Waals surface area contributed by atoms with Gasteiger partial charge >= 0.3 is 0 Å². The first kappa shape index (κ1) is 12.0. The van der Waals surface area contributed by atoms with E-state index in [0.29, 0.717) is 5.56 Å². The summed E-state index contributed by atoms with van der Waals surface area (Å²) in [7, 11) is 0. The molecule has 0 unspecified atom stereocenters. The highest BCUT2D eigenvalue weighted by atomic mass is 16.3. The van der Waals surface area contributed by atoms with Crippen LogP contribution in [-0.2, 0) is 6.42 Å². The molecule has 2 aromatic rings. The van der Waals surface area contributed by atoms with Crippen molar-refractivity contribution in [3.8, 4) is 17.2 Å². The normalized spacial score (nSPS) is 10.9. The number of hydrogen-bond donors (Lipinski definition) is 3. The number of benzene rings is 2. The average Bonchev–Trinajstić information content (AvgIpc) is 2.37. The Morgan fingerprint density at radius 1 is 0.889 bits per heavy atom. The van der Waals surface area contributed by atoms with Gasteiger partial charge in [0, 0.05) is 0 Å². The molecule has 3 nitrogen and oxygen atoms in total. The van der Waals surface area contributed by atoms with Gasteiger partial charge in [-0.2, -0.15) is 0 Å². The van der Waals surface area contributed by atoms with Gasteiger partial charge in [0.05, 0.1) is 0 Å². The summed E-state index contributed by atoms with van der Waals surface area (Å²) in [4.78, 5) is 0. The molecule has 0 radical (unpaired) electrons. The zero-order valence-corrected chi connectivity index (χ0v) is 9.74. The van der Waals surface area contributed by atoms with Gasteiger partial charge in [0.15, 0.2) is 17.2 Å².